The molecule has 3 aromatic rings. The van der Waals surface area contributed by atoms with Crippen LogP contribution in [-0.2, 0) is 14.3 Å². The molecule has 9 nitrogen and oxygen atoms in total. The van der Waals surface area contributed by atoms with E-state index in [9.17, 15) is 19.2 Å². The molecule has 0 unspecified atom stereocenters. The predicted octanol–water partition coefficient (Wildman–Crippen LogP) is 5.01. The van der Waals surface area contributed by atoms with Gasteiger partial charge in [0.25, 0.3) is 17.7 Å². The van der Waals surface area contributed by atoms with Crippen molar-refractivity contribution in [2.75, 3.05) is 15.5 Å². The van der Waals surface area contributed by atoms with E-state index in [0.717, 1.165) is 15.5 Å². The van der Waals surface area contributed by atoms with Crippen LogP contribution in [-0.4, -0.2) is 34.8 Å². The number of aromatic nitrogens is 1. The Labute approximate surface area is 222 Å². The van der Waals surface area contributed by atoms with Crippen molar-refractivity contribution in [3.63, 3.8) is 0 Å². The number of rotatable bonds is 7. The second-order valence-corrected chi connectivity index (χ2v) is 10.0. The molecule has 1 aromatic heterocycles. The topological polar surface area (TPSA) is 118 Å². The van der Waals surface area contributed by atoms with E-state index in [1.807, 2.05) is 13.8 Å². The highest BCUT2D eigenvalue weighted by Crippen LogP contribution is 2.32. The average molecular weight is 539 g/mol. The molecule has 1 aliphatic rings. The number of amides is 3. The first-order valence-electron chi connectivity index (χ1n) is 11.3. The van der Waals surface area contributed by atoms with Gasteiger partial charge in [-0.1, -0.05) is 23.7 Å². The van der Waals surface area contributed by atoms with E-state index in [-0.39, 0.29) is 34.0 Å². The first-order chi connectivity index (χ1) is 17.6. The Kier molecular flexibility index (Phi) is 7.42. The Morgan fingerprint density at radius 2 is 1.70 bits per heavy atom. The van der Waals surface area contributed by atoms with Crippen molar-refractivity contribution in [2.24, 2.45) is 0 Å². The lowest BCUT2D eigenvalue weighted by molar-refractivity contribution is -0.120. The first kappa shape index (κ1) is 26.1. The summed E-state index contributed by atoms with van der Waals surface area (Å²) in [6.45, 7) is 7.19. The summed E-state index contributed by atoms with van der Waals surface area (Å²) in [5.41, 5.74) is 1.64. The van der Waals surface area contributed by atoms with Crippen molar-refractivity contribution < 1.29 is 23.9 Å². The zero-order valence-electron chi connectivity index (χ0n) is 20.4. The maximum Gasteiger partial charge on any atom is 0.340 e. The van der Waals surface area contributed by atoms with Gasteiger partial charge in [0.05, 0.1) is 23.0 Å². The van der Waals surface area contributed by atoms with Gasteiger partial charge in [0.1, 0.15) is 10.7 Å². The monoisotopic (exact) mass is 538 g/mol. The standard InChI is InChI=1S/C26H23ClN4O5S/c1-13(2)36-25(35)18-7-5-6-8-19(18)31-23(33)20(27)21(24(31)34)29-17-11-9-16(10-12-17)22(32)30-26-28-14(3)15(4)37-26/h5-13,29H,1-4H3,(H,28,30,32). The van der Waals surface area contributed by atoms with Gasteiger partial charge in [-0.25, -0.2) is 14.7 Å². The summed E-state index contributed by atoms with van der Waals surface area (Å²) in [5.74, 6) is -2.50. The van der Waals surface area contributed by atoms with Gasteiger partial charge in [0.15, 0.2) is 5.13 Å². The van der Waals surface area contributed by atoms with Crippen LogP contribution in [0.1, 0.15) is 45.1 Å². The molecule has 3 amide bonds. The summed E-state index contributed by atoms with van der Waals surface area (Å²) in [6, 6.07) is 12.4. The molecular weight excluding hydrogens is 516 g/mol. The predicted molar refractivity (Wildman–Crippen MR) is 142 cm³/mol. The number of para-hydroxylation sites is 1. The lowest BCUT2D eigenvalue weighted by atomic mass is 10.1. The van der Waals surface area contributed by atoms with Crippen molar-refractivity contribution in [1.29, 1.82) is 0 Å². The number of aryl methyl sites for hydroxylation is 2. The molecule has 37 heavy (non-hydrogen) atoms. The quantitative estimate of drug-likeness (QED) is 0.320. The SMILES string of the molecule is Cc1nc(NC(=O)c2ccc(NC3=C(Cl)C(=O)N(c4ccccc4C(=O)OC(C)C)C3=O)cc2)sc1C. The average Bonchev–Trinajstić information content (AvgIpc) is 3.28. The smallest absolute Gasteiger partial charge is 0.340 e. The summed E-state index contributed by atoms with van der Waals surface area (Å²) >= 11 is 7.63. The molecule has 0 atom stereocenters. The highest BCUT2D eigenvalue weighted by atomic mass is 35.5. The van der Waals surface area contributed by atoms with Gasteiger partial charge < -0.3 is 10.1 Å². The molecule has 0 saturated carbocycles. The minimum Gasteiger partial charge on any atom is -0.459 e. The molecule has 190 valence electrons. The number of hydrogen-bond acceptors (Lipinski definition) is 8. The van der Waals surface area contributed by atoms with Crippen LogP contribution in [0.2, 0.25) is 0 Å². The number of halogens is 1. The van der Waals surface area contributed by atoms with Crippen LogP contribution in [0.3, 0.4) is 0 Å². The van der Waals surface area contributed by atoms with Gasteiger partial charge in [0, 0.05) is 16.1 Å². The van der Waals surface area contributed by atoms with Gasteiger partial charge in [0.2, 0.25) is 0 Å². The number of nitrogens with one attached hydrogen (secondary N) is 2. The van der Waals surface area contributed by atoms with Crippen molar-refractivity contribution in [2.45, 2.75) is 33.8 Å². The largest absolute Gasteiger partial charge is 0.459 e. The Hall–Kier alpha value is -4.02. The van der Waals surface area contributed by atoms with E-state index in [4.69, 9.17) is 16.3 Å². The lowest BCUT2D eigenvalue weighted by Gasteiger charge is -2.19. The van der Waals surface area contributed by atoms with Gasteiger partial charge in [-0.05, 0) is 64.1 Å². The molecule has 4 rings (SSSR count). The highest BCUT2D eigenvalue weighted by Gasteiger charge is 2.40. The van der Waals surface area contributed by atoms with E-state index < -0.39 is 17.8 Å². The minimum atomic E-state index is -0.774. The van der Waals surface area contributed by atoms with Gasteiger partial charge in [-0.2, -0.15) is 0 Å². The Balaban J connectivity index is 1.51. The fourth-order valence-electron chi connectivity index (χ4n) is 3.49. The number of hydrogen-bond donors (Lipinski definition) is 2. The summed E-state index contributed by atoms with van der Waals surface area (Å²) in [4.78, 5) is 57.4. The van der Waals surface area contributed by atoms with Gasteiger partial charge >= 0.3 is 5.97 Å². The third kappa shape index (κ3) is 5.40. The summed E-state index contributed by atoms with van der Waals surface area (Å²) in [6.07, 6.45) is -0.385. The molecule has 2 N–H and O–H groups in total. The van der Waals surface area contributed by atoms with Crippen LogP contribution < -0.4 is 15.5 Å². The number of nitrogens with zero attached hydrogens (tertiary/aromatic N) is 2. The van der Waals surface area contributed by atoms with Gasteiger partial charge in [-0.3, -0.25) is 19.7 Å². The molecular formula is C26H23ClN4O5S. The number of benzene rings is 2. The lowest BCUT2D eigenvalue weighted by Crippen LogP contribution is -2.33. The molecule has 0 spiro atoms. The van der Waals surface area contributed by atoms with Crippen LogP contribution >= 0.6 is 22.9 Å². The first-order valence-corrected chi connectivity index (χ1v) is 12.5. The van der Waals surface area contributed by atoms with Crippen LogP contribution in [0.5, 0.6) is 0 Å². The third-order valence-corrected chi connectivity index (χ3v) is 6.74. The second-order valence-electron chi connectivity index (χ2n) is 8.42. The Morgan fingerprint density at radius 1 is 1.03 bits per heavy atom. The summed E-state index contributed by atoms with van der Waals surface area (Å²) < 4.78 is 5.24. The minimum absolute atomic E-state index is 0.0598. The van der Waals surface area contributed by atoms with Crippen LogP contribution in [0.25, 0.3) is 0 Å². The number of carbonyl (C=O) groups excluding carboxylic acids is 4. The van der Waals surface area contributed by atoms with E-state index in [1.165, 1.54) is 23.5 Å². The van der Waals surface area contributed by atoms with Crippen LogP contribution in [0.15, 0.2) is 59.3 Å². The maximum atomic E-state index is 13.2. The number of thiazole rings is 1. The second kappa shape index (κ2) is 10.5. The zero-order valence-corrected chi connectivity index (χ0v) is 22.0. The number of esters is 1. The van der Waals surface area contributed by atoms with Crippen molar-refractivity contribution in [3.05, 3.63) is 81.0 Å². The number of imide groups is 1. The molecule has 0 aliphatic carbocycles. The molecule has 2 heterocycles. The van der Waals surface area contributed by atoms with Gasteiger partial charge in [-0.15, -0.1) is 11.3 Å². The Bertz CT molecular complexity index is 1430. The molecule has 0 fully saturated rings. The van der Waals surface area contributed by atoms with Crippen molar-refractivity contribution >= 4 is 63.1 Å². The maximum absolute atomic E-state index is 13.2. The van der Waals surface area contributed by atoms with Crippen LogP contribution in [0.4, 0.5) is 16.5 Å². The zero-order chi connectivity index (χ0) is 26.9. The normalized spacial score (nSPS) is 13.4. The number of carbonyl (C=O) groups is 4. The van der Waals surface area contributed by atoms with E-state index >= 15 is 0 Å². The highest BCUT2D eigenvalue weighted by molar-refractivity contribution is 7.15. The van der Waals surface area contributed by atoms with E-state index in [0.29, 0.717) is 16.4 Å². The Morgan fingerprint density at radius 3 is 2.32 bits per heavy atom. The van der Waals surface area contributed by atoms with Crippen molar-refractivity contribution in [3.8, 4) is 0 Å². The molecule has 0 bridgehead atoms. The number of ether oxygens (including phenoxy) is 1. The molecule has 0 saturated heterocycles. The fraction of sp³-hybridized carbons (Fsp3) is 0.192. The molecule has 1 aliphatic heterocycles. The summed E-state index contributed by atoms with van der Waals surface area (Å²) in [7, 11) is 0. The third-order valence-electron chi connectivity index (χ3n) is 5.40. The fourth-order valence-corrected chi connectivity index (χ4v) is 4.52. The summed E-state index contributed by atoms with van der Waals surface area (Å²) in [5, 5.41) is 5.79. The van der Waals surface area contributed by atoms with Crippen molar-refractivity contribution in [1.82, 2.24) is 4.98 Å². The molecule has 11 heteroatoms. The molecule has 0 radical (unpaired) electrons. The van der Waals surface area contributed by atoms with E-state index in [1.54, 1.807) is 50.2 Å². The number of anilines is 3. The molecule has 2 aromatic carbocycles. The van der Waals surface area contributed by atoms with E-state index in [2.05, 4.69) is 15.6 Å². The van der Waals surface area contributed by atoms with Crippen LogP contribution in [0, 0.1) is 13.8 Å².